The minimum absolute atomic E-state index is 0.0495. The van der Waals surface area contributed by atoms with E-state index in [4.69, 9.17) is 4.74 Å². The normalized spacial score (nSPS) is 10.2. The van der Waals surface area contributed by atoms with Crippen LogP contribution in [0.2, 0.25) is 0 Å². The summed E-state index contributed by atoms with van der Waals surface area (Å²) >= 11 is 0. The summed E-state index contributed by atoms with van der Waals surface area (Å²) in [6, 6.07) is 8.72. The molecule has 0 N–H and O–H groups in total. The van der Waals surface area contributed by atoms with Crippen LogP contribution in [-0.4, -0.2) is 35.9 Å². The molecule has 0 unspecified atom stereocenters. The minimum atomic E-state index is -0.610. The summed E-state index contributed by atoms with van der Waals surface area (Å²) in [5, 5.41) is 4.09. The molecule has 2 rings (SSSR count). The van der Waals surface area contributed by atoms with Gasteiger partial charge in [0.2, 0.25) is 0 Å². The van der Waals surface area contributed by atoms with Crippen LogP contribution in [0.15, 0.2) is 30.3 Å². The molecule has 0 bridgehead atoms. The maximum atomic E-state index is 11.8. The Kier molecular flexibility index (Phi) is 3.84. The van der Waals surface area contributed by atoms with Crippen LogP contribution >= 0.6 is 0 Å². The first-order chi connectivity index (χ1) is 9.56. The van der Waals surface area contributed by atoms with Gasteiger partial charge in [-0.05, 0) is 19.1 Å². The van der Waals surface area contributed by atoms with E-state index in [-0.39, 0.29) is 11.4 Å². The van der Waals surface area contributed by atoms with Gasteiger partial charge in [-0.2, -0.15) is 5.10 Å². The topological polar surface area (TPSA) is 70.4 Å². The summed E-state index contributed by atoms with van der Waals surface area (Å²) in [6.45, 7) is 1.95. The molecule has 6 heteroatoms. The van der Waals surface area contributed by atoms with Crippen LogP contribution in [-0.2, 0) is 9.47 Å². The number of carbonyl (C=O) groups excluding carboxylic acids is 2. The Labute approximate surface area is 115 Å². The van der Waals surface area contributed by atoms with Gasteiger partial charge in [-0.25, -0.2) is 14.3 Å². The molecule has 0 aliphatic carbocycles. The number of benzene rings is 1. The molecule has 0 aliphatic heterocycles. The zero-order valence-electron chi connectivity index (χ0n) is 11.4. The molecule has 0 aliphatic rings. The number of carbonyl (C=O) groups is 2. The molecule has 20 heavy (non-hydrogen) atoms. The van der Waals surface area contributed by atoms with Gasteiger partial charge in [-0.3, -0.25) is 0 Å². The molecule has 1 aromatic carbocycles. The number of esters is 2. The lowest BCUT2D eigenvalue weighted by Gasteiger charge is -2.05. The molecule has 1 aromatic heterocycles. The molecule has 6 nitrogen and oxygen atoms in total. The average Bonchev–Trinajstić information content (AvgIpc) is 2.91. The molecule has 0 saturated heterocycles. The molecule has 0 atom stereocenters. The summed E-state index contributed by atoms with van der Waals surface area (Å²) in [5.74, 6) is -1.19. The lowest BCUT2D eigenvalue weighted by Crippen LogP contribution is -2.10. The quantitative estimate of drug-likeness (QED) is 0.797. The molecule has 2 aromatic rings. The predicted molar refractivity (Wildman–Crippen MR) is 71.0 cm³/mol. The molecule has 0 radical (unpaired) electrons. The van der Waals surface area contributed by atoms with Gasteiger partial charge in [0.1, 0.15) is 0 Å². The number of aryl methyl sites for hydroxylation is 1. The number of nitrogens with zero attached hydrogens (tertiary/aromatic N) is 2. The Bertz CT molecular complexity index is 644. The number of rotatable bonds is 3. The number of hydrogen-bond donors (Lipinski definition) is 0. The maximum absolute atomic E-state index is 11.8. The van der Waals surface area contributed by atoms with Crippen molar-refractivity contribution in [3.05, 3.63) is 47.3 Å². The van der Waals surface area contributed by atoms with Crippen molar-refractivity contribution in [2.45, 2.75) is 6.92 Å². The molecular formula is C14H14N2O4. The molecule has 0 amide bonds. The van der Waals surface area contributed by atoms with Gasteiger partial charge in [0.25, 0.3) is 0 Å². The van der Waals surface area contributed by atoms with E-state index in [0.717, 1.165) is 5.56 Å². The highest BCUT2D eigenvalue weighted by Crippen LogP contribution is 2.15. The van der Waals surface area contributed by atoms with Crippen LogP contribution in [0.25, 0.3) is 5.69 Å². The van der Waals surface area contributed by atoms with Crippen LogP contribution in [0.5, 0.6) is 0 Å². The number of hydrogen-bond acceptors (Lipinski definition) is 5. The molecule has 0 saturated carbocycles. The van der Waals surface area contributed by atoms with E-state index < -0.39 is 11.9 Å². The first-order valence-electron chi connectivity index (χ1n) is 5.90. The molecule has 1 heterocycles. The van der Waals surface area contributed by atoms with Crippen molar-refractivity contribution in [2.24, 2.45) is 0 Å². The summed E-state index contributed by atoms with van der Waals surface area (Å²) < 4.78 is 10.7. The van der Waals surface area contributed by atoms with Crippen molar-refractivity contribution in [3.8, 4) is 5.69 Å². The van der Waals surface area contributed by atoms with Gasteiger partial charge in [0.15, 0.2) is 11.4 Å². The molecular weight excluding hydrogens is 260 g/mol. The lowest BCUT2D eigenvalue weighted by molar-refractivity contribution is 0.0585. The number of aromatic nitrogens is 2. The second-order valence-electron chi connectivity index (χ2n) is 4.15. The largest absolute Gasteiger partial charge is 0.464 e. The summed E-state index contributed by atoms with van der Waals surface area (Å²) in [5.41, 5.74) is 1.95. The zero-order chi connectivity index (χ0) is 14.7. The fourth-order valence-corrected chi connectivity index (χ4v) is 1.72. The fourth-order valence-electron chi connectivity index (χ4n) is 1.72. The highest BCUT2D eigenvalue weighted by Gasteiger charge is 2.20. The standard InChI is InChI=1S/C14H14N2O4/c1-9-4-6-10(7-5-9)16-12(14(18)20-3)8-11(15-16)13(17)19-2/h4-8H,1-3H3. The van der Waals surface area contributed by atoms with Crippen LogP contribution in [0.3, 0.4) is 0 Å². The van der Waals surface area contributed by atoms with Crippen molar-refractivity contribution < 1.29 is 19.1 Å². The van der Waals surface area contributed by atoms with E-state index in [9.17, 15) is 9.59 Å². The highest BCUT2D eigenvalue weighted by molar-refractivity contribution is 5.93. The van der Waals surface area contributed by atoms with E-state index in [0.29, 0.717) is 5.69 Å². The Balaban J connectivity index is 2.54. The van der Waals surface area contributed by atoms with Crippen LogP contribution in [0.4, 0.5) is 0 Å². The Morgan fingerprint density at radius 1 is 1.05 bits per heavy atom. The van der Waals surface area contributed by atoms with E-state index >= 15 is 0 Å². The van der Waals surface area contributed by atoms with Crippen LogP contribution in [0.1, 0.15) is 26.5 Å². The van der Waals surface area contributed by atoms with Crippen molar-refractivity contribution in [1.82, 2.24) is 9.78 Å². The molecule has 104 valence electrons. The van der Waals surface area contributed by atoms with Gasteiger partial charge in [-0.1, -0.05) is 17.7 Å². The lowest BCUT2D eigenvalue weighted by atomic mass is 10.2. The predicted octanol–water partition coefficient (Wildman–Crippen LogP) is 1.75. The van der Waals surface area contributed by atoms with Gasteiger partial charge >= 0.3 is 11.9 Å². The third-order valence-electron chi connectivity index (χ3n) is 2.78. The Morgan fingerprint density at radius 3 is 2.20 bits per heavy atom. The van der Waals surface area contributed by atoms with E-state index in [1.807, 2.05) is 19.1 Å². The van der Waals surface area contributed by atoms with E-state index in [1.54, 1.807) is 12.1 Å². The zero-order valence-corrected chi connectivity index (χ0v) is 11.4. The highest BCUT2D eigenvalue weighted by atomic mass is 16.5. The summed E-state index contributed by atoms with van der Waals surface area (Å²) in [6.07, 6.45) is 0. The molecule has 0 fully saturated rings. The second kappa shape index (κ2) is 5.56. The Morgan fingerprint density at radius 2 is 1.65 bits per heavy atom. The fraction of sp³-hybridized carbons (Fsp3) is 0.214. The second-order valence-corrected chi connectivity index (χ2v) is 4.15. The smallest absolute Gasteiger partial charge is 0.358 e. The maximum Gasteiger partial charge on any atom is 0.358 e. The molecule has 0 spiro atoms. The first-order valence-corrected chi connectivity index (χ1v) is 5.90. The number of ether oxygens (including phenoxy) is 2. The van der Waals surface area contributed by atoms with Crippen molar-refractivity contribution >= 4 is 11.9 Å². The van der Waals surface area contributed by atoms with Crippen molar-refractivity contribution in [2.75, 3.05) is 14.2 Å². The first kappa shape index (κ1) is 13.8. The van der Waals surface area contributed by atoms with Gasteiger partial charge in [0, 0.05) is 6.07 Å². The van der Waals surface area contributed by atoms with Gasteiger partial charge in [-0.15, -0.1) is 0 Å². The average molecular weight is 274 g/mol. The third-order valence-corrected chi connectivity index (χ3v) is 2.78. The summed E-state index contributed by atoms with van der Waals surface area (Å²) in [7, 11) is 2.53. The van der Waals surface area contributed by atoms with Crippen molar-refractivity contribution in [3.63, 3.8) is 0 Å². The third kappa shape index (κ3) is 2.54. The van der Waals surface area contributed by atoms with E-state index in [2.05, 4.69) is 9.84 Å². The van der Waals surface area contributed by atoms with Crippen molar-refractivity contribution in [1.29, 1.82) is 0 Å². The SMILES string of the molecule is COC(=O)c1cc(C(=O)OC)n(-c2ccc(C)cc2)n1. The van der Waals surface area contributed by atoms with Gasteiger partial charge < -0.3 is 9.47 Å². The van der Waals surface area contributed by atoms with E-state index in [1.165, 1.54) is 25.0 Å². The summed E-state index contributed by atoms with van der Waals surface area (Å²) in [4.78, 5) is 23.3. The minimum Gasteiger partial charge on any atom is -0.464 e. The monoisotopic (exact) mass is 274 g/mol. The number of methoxy groups -OCH3 is 2. The van der Waals surface area contributed by atoms with Crippen LogP contribution < -0.4 is 0 Å². The van der Waals surface area contributed by atoms with Crippen LogP contribution in [0, 0.1) is 6.92 Å². The Hall–Kier alpha value is -2.63. The van der Waals surface area contributed by atoms with Gasteiger partial charge in [0.05, 0.1) is 19.9 Å².